The van der Waals surface area contributed by atoms with Crippen molar-refractivity contribution in [3.05, 3.63) is 42.5 Å². The van der Waals surface area contributed by atoms with Gasteiger partial charge in [0.2, 0.25) is 11.8 Å². The fraction of sp³-hybridized carbons (Fsp3) is 0.444. The molecule has 1 fully saturated rings. The second-order valence-corrected chi connectivity index (χ2v) is 10.9. The number of hydrogen-bond acceptors (Lipinski definition) is 9. The summed E-state index contributed by atoms with van der Waals surface area (Å²) in [4.78, 5) is 40.3. The molecule has 2 aromatic carbocycles. The topological polar surface area (TPSA) is 158 Å². The van der Waals surface area contributed by atoms with Gasteiger partial charge < -0.3 is 41.0 Å². The number of amides is 3. The van der Waals surface area contributed by atoms with Gasteiger partial charge in [-0.25, -0.2) is 0 Å². The monoisotopic (exact) mass is 558 g/mol. The van der Waals surface area contributed by atoms with Crippen LogP contribution >= 0.6 is 11.8 Å². The lowest BCUT2D eigenvalue weighted by molar-refractivity contribution is -0.134. The number of rotatable bonds is 11. The third-order valence-electron chi connectivity index (χ3n) is 6.26. The molecule has 0 spiro atoms. The highest BCUT2D eigenvalue weighted by Crippen LogP contribution is 2.44. The molecule has 2 aromatic rings. The predicted molar refractivity (Wildman–Crippen MR) is 145 cm³/mol. The van der Waals surface area contributed by atoms with Gasteiger partial charge in [-0.05, 0) is 43.0 Å². The highest BCUT2D eigenvalue weighted by atomic mass is 32.2. The maximum Gasteiger partial charge on any atom is 0.258 e. The summed E-state index contributed by atoms with van der Waals surface area (Å²) in [5.41, 5.74) is 1.84. The van der Waals surface area contributed by atoms with E-state index in [-0.39, 0.29) is 12.5 Å². The number of carbonyl (C=O) groups is 3. The molecule has 0 bridgehead atoms. The SMILES string of the molecule is CC(C)C[C@H](NC(=O)[C@H](CO)NC(=O)COc1ccc2c(c1)Nc1ccccc1S2)C(=O)N[C@H]1CCOC1O. The van der Waals surface area contributed by atoms with Crippen LogP contribution in [0.1, 0.15) is 26.7 Å². The molecule has 4 rings (SSSR count). The molecule has 11 nitrogen and oxygen atoms in total. The summed E-state index contributed by atoms with van der Waals surface area (Å²) >= 11 is 1.63. The number of para-hydroxylation sites is 1. The van der Waals surface area contributed by atoms with Crippen molar-refractivity contribution in [3.63, 3.8) is 0 Å². The van der Waals surface area contributed by atoms with E-state index in [4.69, 9.17) is 9.47 Å². The minimum Gasteiger partial charge on any atom is -0.484 e. The van der Waals surface area contributed by atoms with Crippen LogP contribution in [0, 0.1) is 5.92 Å². The van der Waals surface area contributed by atoms with Gasteiger partial charge in [-0.1, -0.05) is 37.7 Å². The van der Waals surface area contributed by atoms with E-state index >= 15 is 0 Å². The lowest BCUT2D eigenvalue weighted by Crippen LogP contribution is -2.57. The molecule has 3 amide bonds. The average molecular weight is 559 g/mol. The van der Waals surface area contributed by atoms with E-state index in [1.54, 1.807) is 23.9 Å². The number of anilines is 2. The van der Waals surface area contributed by atoms with Gasteiger partial charge >= 0.3 is 0 Å². The molecule has 0 saturated carbocycles. The fourth-order valence-corrected chi connectivity index (χ4v) is 5.23. The number of hydrogen-bond donors (Lipinski definition) is 6. The number of aliphatic hydroxyl groups is 2. The predicted octanol–water partition coefficient (Wildman–Crippen LogP) is 1.51. The van der Waals surface area contributed by atoms with E-state index in [1.165, 1.54) is 0 Å². The van der Waals surface area contributed by atoms with E-state index in [0.717, 1.165) is 21.2 Å². The number of ether oxygens (including phenoxy) is 2. The Morgan fingerprint density at radius 1 is 1.08 bits per heavy atom. The molecule has 1 saturated heterocycles. The molecule has 12 heteroatoms. The van der Waals surface area contributed by atoms with Crippen LogP contribution in [0.4, 0.5) is 11.4 Å². The standard InChI is InChI=1S/C27H34N4O7S/c1-15(2)11-20(25(34)30-18-9-10-37-27(18)36)31-26(35)21(13-32)29-24(33)14-38-16-7-8-23-19(12-16)28-17-5-3-4-6-22(17)39-23/h3-8,12,15,18,20-21,27-28,32,36H,9-11,13-14H2,1-2H3,(H,29,33)(H,30,34)(H,31,35)/t18-,20-,21-,27?/m0/s1. The van der Waals surface area contributed by atoms with Crippen LogP contribution in [0.2, 0.25) is 0 Å². The van der Waals surface area contributed by atoms with E-state index < -0.39 is 48.7 Å². The molecule has 1 unspecified atom stereocenters. The van der Waals surface area contributed by atoms with E-state index in [0.29, 0.717) is 25.2 Å². The van der Waals surface area contributed by atoms with Crippen LogP contribution in [0.15, 0.2) is 52.3 Å². The molecule has 39 heavy (non-hydrogen) atoms. The van der Waals surface area contributed by atoms with Crippen molar-refractivity contribution in [2.45, 2.75) is 60.9 Å². The highest BCUT2D eigenvalue weighted by Gasteiger charge is 2.32. The van der Waals surface area contributed by atoms with Crippen LogP contribution in [0.3, 0.4) is 0 Å². The Kier molecular flexibility index (Phi) is 9.68. The van der Waals surface area contributed by atoms with Gasteiger partial charge in [0.15, 0.2) is 12.9 Å². The lowest BCUT2D eigenvalue weighted by atomic mass is 10.0. The summed E-state index contributed by atoms with van der Waals surface area (Å²) in [6.45, 7) is 3.08. The minimum atomic E-state index is -1.28. The van der Waals surface area contributed by atoms with Crippen LogP contribution in [0.25, 0.3) is 0 Å². The second kappa shape index (κ2) is 13.2. The zero-order chi connectivity index (χ0) is 27.9. The third kappa shape index (κ3) is 7.63. The van der Waals surface area contributed by atoms with Crippen molar-refractivity contribution < 1.29 is 34.1 Å². The average Bonchev–Trinajstić information content (AvgIpc) is 3.32. The van der Waals surface area contributed by atoms with Crippen LogP contribution in [-0.4, -0.2) is 72.2 Å². The summed E-state index contributed by atoms with van der Waals surface area (Å²) in [6, 6.07) is 10.6. The first-order valence-electron chi connectivity index (χ1n) is 12.8. The molecular formula is C27H34N4O7S. The molecule has 4 atom stereocenters. The normalized spacial score (nSPS) is 19.2. The largest absolute Gasteiger partial charge is 0.484 e. The van der Waals surface area contributed by atoms with Crippen LogP contribution < -0.4 is 26.0 Å². The van der Waals surface area contributed by atoms with Crippen molar-refractivity contribution in [3.8, 4) is 5.75 Å². The first-order valence-corrected chi connectivity index (χ1v) is 13.7. The van der Waals surface area contributed by atoms with Gasteiger partial charge in [0.25, 0.3) is 5.91 Å². The first-order chi connectivity index (χ1) is 18.7. The molecular weight excluding hydrogens is 524 g/mol. The maximum absolute atomic E-state index is 12.9. The Hall–Kier alpha value is -3.32. The van der Waals surface area contributed by atoms with Crippen molar-refractivity contribution in [2.24, 2.45) is 5.92 Å². The maximum atomic E-state index is 12.9. The molecule has 210 valence electrons. The molecule has 2 aliphatic heterocycles. The van der Waals surface area contributed by atoms with Crippen molar-refractivity contribution in [2.75, 3.05) is 25.1 Å². The molecule has 0 radical (unpaired) electrons. The smallest absolute Gasteiger partial charge is 0.258 e. The van der Waals surface area contributed by atoms with Gasteiger partial charge in [-0.15, -0.1) is 0 Å². The minimum absolute atomic E-state index is 0.0688. The van der Waals surface area contributed by atoms with Gasteiger partial charge in [0, 0.05) is 15.9 Å². The third-order valence-corrected chi connectivity index (χ3v) is 7.41. The van der Waals surface area contributed by atoms with Gasteiger partial charge in [0.1, 0.15) is 17.8 Å². The molecule has 6 N–H and O–H groups in total. The lowest BCUT2D eigenvalue weighted by Gasteiger charge is -2.25. The first kappa shape index (κ1) is 28.7. The van der Waals surface area contributed by atoms with Crippen molar-refractivity contribution >= 4 is 40.9 Å². The summed E-state index contributed by atoms with van der Waals surface area (Å²) in [6.07, 6.45) is -0.322. The van der Waals surface area contributed by atoms with Crippen LogP contribution in [-0.2, 0) is 19.1 Å². The number of nitrogens with one attached hydrogen (secondary N) is 4. The van der Waals surface area contributed by atoms with E-state index in [2.05, 4.69) is 21.3 Å². The number of benzene rings is 2. The van der Waals surface area contributed by atoms with Crippen LogP contribution in [0.5, 0.6) is 5.75 Å². The summed E-state index contributed by atoms with van der Waals surface area (Å²) in [5, 5.41) is 30.7. The van der Waals surface area contributed by atoms with Crippen molar-refractivity contribution in [1.82, 2.24) is 16.0 Å². The van der Waals surface area contributed by atoms with Gasteiger partial charge in [-0.3, -0.25) is 14.4 Å². The van der Waals surface area contributed by atoms with E-state index in [9.17, 15) is 24.6 Å². The Balaban J connectivity index is 1.30. The number of aliphatic hydroxyl groups excluding tert-OH is 2. The Labute approximate surface area is 231 Å². The Bertz CT molecular complexity index is 1190. The Morgan fingerprint density at radius 3 is 2.56 bits per heavy atom. The molecule has 0 aromatic heterocycles. The molecule has 2 heterocycles. The second-order valence-electron chi connectivity index (χ2n) is 9.83. The summed E-state index contributed by atoms with van der Waals surface area (Å²) in [5.74, 6) is -1.25. The zero-order valence-electron chi connectivity index (χ0n) is 21.8. The summed E-state index contributed by atoms with van der Waals surface area (Å²) in [7, 11) is 0. The summed E-state index contributed by atoms with van der Waals surface area (Å²) < 4.78 is 10.7. The zero-order valence-corrected chi connectivity index (χ0v) is 22.6. The van der Waals surface area contributed by atoms with Gasteiger partial charge in [0.05, 0.1) is 30.6 Å². The molecule has 2 aliphatic rings. The number of carbonyl (C=O) groups excluding carboxylic acids is 3. The number of fused-ring (bicyclic) bond motifs is 2. The van der Waals surface area contributed by atoms with E-state index in [1.807, 2.05) is 44.2 Å². The Morgan fingerprint density at radius 2 is 1.85 bits per heavy atom. The van der Waals surface area contributed by atoms with Gasteiger partial charge in [-0.2, -0.15) is 0 Å². The van der Waals surface area contributed by atoms with Crippen molar-refractivity contribution in [1.29, 1.82) is 0 Å². The highest BCUT2D eigenvalue weighted by molar-refractivity contribution is 7.99. The quantitative estimate of drug-likeness (QED) is 0.205. The fourth-order valence-electron chi connectivity index (χ4n) is 4.26. The molecule has 0 aliphatic carbocycles.